The van der Waals surface area contributed by atoms with E-state index in [9.17, 15) is 0 Å². The van der Waals surface area contributed by atoms with E-state index < -0.39 is 0 Å². The van der Waals surface area contributed by atoms with Gasteiger partial charge in [0.05, 0.1) is 0 Å². The van der Waals surface area contributed by atoms with Gasteiger partial charge in [-0.2, -0.15) is 11.4 Å². The molecule has 0 aromatic carbocycles. The quantitative estimate of drug-likeness (QED) is 0.498. The number of hydrogen-bond acceptors (Lipinski definition) is 1. The Hall–Kier alpha value is 1.09. The molecule has 0 nitrogen and oxygen atoms in total. The summed E-state index contributed by atoms with van der Waals surface area (Å²) in [6.45, 7) is 0. The third-order valence-electron chi connectivity index (χ3n) is 0.439. The summed E-state index contributed by atoms with van der Waals surface area (Å²) in [7, 11) is 4.76. The first-order valence-corrected chi connectivity index (χ1v) is 7.34. The van der Waals surface area contributed by atoms with E-state index in [2.05, 4.69) is 21.3 Å². The van der Waals surface area contributed by atoms with E-state index in [-0.39, 0.29) is 0 Å². The molecule has 1 heterocycles. The van der Waals surface area contributed by atoms with Gasteiger partial charge in [-0.15, -0.1) is 5.38 Å². The third kappa shape index (κ3) is 4.02. The Kier molecular flexibility index (Phi) is 7.07. The first-order chi connectivity index (χ1) is 3.89. The molecular weight excluding hydrogens is 261 g/mol. The Balaban J connectivity index is 0.000000222. The van der Waals surface area contributed by atoms with Crippen molar-refractivity contribution in [2.24, 2.45) is 0 Å². The summed E-state index contributed by atoms with van der Waals surface area (Å²) in [6.07, 6.45) is 0. The van der Waals surface area contributed by atoms with Gasteiger partial charge in [0.1, 0.15) is 0 Å². The van der Waals surface area contributed by atoms with Crippen LogP contribution in [0.15, 0.2) is 15.9 Å². The van der Waals surface area contributed by atoms with Crippen LogP contribution in [0.1, 0.15) is 0 Å². The van der Waals surface area contributed by atoms with Crippen LogP contribution in [0.5, 0.6) is 0 Å². The SMILES string of the molecule is Brc1[c-]scc1.[Cl][Zn+]. The Morgan fingerprint density at radius 3 is 2.50 bits per heavy atom. The topological polar surface area (TPSA) is 0 Å². The second kappa shape index (κ2) is 6.22. The van der Waals surface area contributed by atoms with Crippen LogP contribution in [0, 0.1) is 5.38 Å². The zero-order valence-corrected chi connectivity index (χ0v) is 10.2. The van der Waals surface area contributed by atoms with Crippen molar-refractivity contribution in [2.75, 3.05) is 0 Å². The second-order valence-electron chi connectivity index (χ2n) is 0.871. The fourth-order valence-corrected chi connectivity index (χ4v) is 1.26. The normalized spacial score (nSPS) is 7.50. The van der Waals surface area contributed by atoms with Crippen LogP contribution in [-0.2, 0) is 17.3 Å². The number of rotatable bonds is 0. The summed E-state index contributed by atoms with van der Waals surface area (Å²) >= 11 is 5.65. The molecule has 8 heavy (non-hydrogen) atoms. The van der Waals surface area contributed by atoms with Crippen molar-refractivity contribution in [1.29, 1.82) is 0 Å². The molecule has 0 unspecified atom stereocenters. The molecule has 0 amide bonds. The first kappa shape index (κ1) is 9.09. The molecule has 0 saturated heterocycles. The van der Waals surface area contributed by atoms with Crippen molar-refractivity contribution < 1.29 is 17.3 Å². The van der Waals surface area contributed by atoms with E-state index in [1.54, 1.807) is 11.3 Å². The molecule has 1 aromatic rings. The van der Waals surface area contributed by atoms with Crippen molar-refractivity contribution >= 4 is 37.0 Å². The standard InChI is InChI=1S/C4H2BrS.ClH.Zn/c5-4-1-2-6-3-4;;/h1-2H;1H;/q-1;;+2/p-1. The average molecular weight is 263 g/mol. The Morgan fingerprint density at radius 2 is 2.38 bits per heavy atom. The molecule has 40 valence electrons. The summed E-state index contributed by atoms with van der Waals surface area (Å²) in [6, 6.07) is 1.96. The molecule has 0 radical (unpaired) electrons. The van der Waals surface area contributed by atoms with Crippen LogP contribution >= 0.6 is 37.0 Å². The summed E-state index contributed by atoms with van der Waals surface area (Å²) in [5.41, 5.74) is 0. The van der Waals surface area contributed by atoms with E-state index in [0.29, 0.717) is 0 Å². The fraction of sp³-hybridized carbons (Fsp3) is 0. The van der Waals surface area contributed by atoms with Gasteiger partial charge in [0.15, 0.2) is 0 Å². The van der Waals surface area contributed by atoms with Crippen molar-refractivity contribution in [3.8, 4) is 0 Å². The van der Waals surface area contributed by atoms with Crippen molar-refractivity contribution in [3.05, 3.63) is 21.3 Å². The summed E-state index contributed by atoms with van der Waals surface area (Å²) in [5.74, 6) is 0. The third-order valence-corrected chi connectivity index (χ3v) is 1.77. The van der Waals surface area contributed by atoms with Gasteiger partial charge < -0.3 is 11.3 Å². The van der Waals surface area contributed by atoms with Gasteiger partial charge in [0.25, 0.3) is 0 Å². The average Bonchev–Trinajstić information content (AvgIpc) is 2.24. The molecule has 0 aliphatic carbocycles. The van der Waals surface area contributed by atoms with Crippen LogP contribution in [0.25, 0.3) is 0 Å². The molecular formula is C4H2BrClSZn. The van der Waals surface area contributed by atoms with Gasteiger partial charge >= 0.3 is 27.0 Å². The van der Waals surface area contributed by atoms with Crippen LogP contribution in [0.3, 0.4) is 0 Å². The van der Waals surface area contributed by atoms with Crippen molar-refractivity contribution in [2.45, 2.75) is 0 Å². The monoisotopic (exact) mass is 260 g/mol. The molecule has 0 spiro atoms. The summed E-state index contributed by atoms with van der Waals surface area (Å²) in [4.78, 5) is 0. The number of thiophene rings is 1. The molecule has 0 bridgehead atoms. The minimum atomic E-state index is 0.847. The van der Waals surface area contributed by atoms with E-state index in [1.807, 2.05) is 11.4 Å². The predicted molar refractivity (Wildman–Crippen MR) is 36.7 cm³/mol. The van der Waals surface area contributed by atoms with Gasteiger partial charge in [0, 0.05) is 0 Å². The molecule has 0 fully saturated rings. The van der Waals surface area contributed by atoms with Crippen molar-refractivity contribution in [1.82, 2.24) is 0 Å². The molecule has 1 rings (SSSR count). The van der Waals surface area contributed by atoms with Crippen LogP contribution < -0.4 is 0 Å². The van der Waals surface area contributed by atoms with E-state index >= 15 is 0 Å². The summed E-state index contributed by atoms with van der Waals surface area (Å²) in [5, 5.41) is 4.93. The molecule has 1 aromatic heterocycles. The predicted octanol–water partition coefficient (Wildman–Crippen LogP) is 3.00. The first-order valence-electron chi connectivity index (χ1n) is 1.77. The molecule has 0 atom stereocenters. The second-order valence-corrected chi connectivity index (χ2v) is 2.44. The zero-order chi connectivity index (χ0) is 6.41. The Labute approximate surface area is 75.1 Å². The maximum atomic E-state index is 4.76. The van der Waals surface area contributed by atoms with Crippen LogP contribution in [0.4, 0.5) is 0 Å². The maximum absolute atomic E-state index is 4.76. The zero-order valence-electron chi connectivity index (χ0n) is 4.03. The van der Waals surface area contributed by atoms with E-state index in [0.717, 1.165) is 21.8 Å². The van der Waals surface area contributed by atoms with Gasteiger partial charge in [0.2, 0.25) is 0 Å². The van der Waals surface area contributed by atoms with Gasteiger partial charge in [-0.1, -0.05) is 20.4 Å². The fourth-order valence-electron chi connectivity index (χ4n) is 0.218. The molecule has 0 aliphatic heterocycles. The molecule has 0 N–H and O–H groups in total. The Bertz CT molecular complexity index is 120. The van der Waals surface area contributed by atoms with Crippen molar-refractivity contribution in [3.63, 3.8) is 0 Å². The molecule has 4 heteroatoms. The van der Waals surface area contributed by atoms with E-state index in [1.165, 1.54) is 0 Å². The van der Waals surface area contributed by atoms with Gasteiger partial charge in [-0.25, -0.2) is 0 Å². The number of hydrogen-bond donors (Lipinski definition) is 0. The Morgan fingerprint density at radius 1 is 1.75 bits per heavy atom. The molecule has 0 saturated carbocycles. The summed E-state index contributed by atoms with van der Waals surface area (Å²) < 4.78 is 1.05. The van der Waals surface area contributed by atoms with Gasteiger partial charge in [-0.3, -0.25) is 0 Å². The van der Waals surface area contributed by atoms with E-state index in [4.69, 9.17) is 9.69 Å². The molecule has 0 aliphatic rings. The van der Waals surface area contributed by atoms with Crippen LogP contribution in [0.2, 0.25) is 0 Å². The van der Waals surface area contributed by atoms with Crippen LogP contribution in [-0.4, -0.2) is 0 Å². The minimum absolute atomic E-state index is 0.847. The number of halogens is 2. The van der Waals surface area contributed by atoms with Gasteiger partial charge in [-0.05, 0) is 0 Å².